The van der Waals surface area contributed by atoms with E-state index >= 15 is 0 Å². The molecule has 0 aliphatic heterocycles. The molecule has 1 rings (SSSR count). The zero-order valence-corrected chi connectivity index (χ0v) is 8.92. The number of nitrogens with zero attached hydrogens (tertiary/aromatic N) is 1. The second kappa shape index (κ2) is 4.99. The summed E-state index contributed by atoms with van der Waals surface area (Å²) < 4.78 is 0. The van der Waals surface area contributed by atoms with E-state index in [1.807, 2.05) is 13.0 Å². The van der Waals surface area contributed by atoms with Gasteiger partial charge in [0.15, 0.2) is 0 Å². The van der Waals surface area contributed by atoms with Gasteiger partial charge in [-0.25, -0.2) is 0 Å². The lowest BCUT2D eigenvalue weighted by Gasteiger charge is -2.18. The van der Waals surface area contributed by atoms with Crippen LogP contribution in [-0.2, 0) is 4.79 Å². The van der Waals surface area contributed by atoms with Gasteiger partial charge in [-0.05, 0) is 25.2 Å². The third kappa shape index (κ3) is 2.47. The smallest absolute Gasteiger partial charge is 0.237 e. The Hall–Kier alpha value is -1.04. The Morgan fingerprint density at radius 2 is 2.36 bits per heavy atom. The Bertz CT molecular complexity index is 244. The molecule has 1 aliphatic carbocycles. The Morgan fingerprint density at radius 1 is 1.64 bits per heavy atom. The molecule has 78 valence electrons. The zero-order valence-electron chi connectivity index (χ0n) is 8.92. The summed E-state index contributed by atoms with van der Waals surface area (Å²) in [5.41, 5.74) is 0. The molecular weight excluding hydrogens is 176 g/mol. The molecule has 0 aromatic rings. The summed E-state index contributed by atoms with van der Waals surface area (Å²) in [5, 5.41) is 11.7. The van der Waals surface area contributed by atoms with Crippen molar-refractivity contribution in [2.75, 3.05) is 0 Å². The number of hydrogen-bond acceptors (Lipinski definition) is 2. The van der Waals surface area contributed by atoms with E-state index in [1.54, 1.807) is 0 Å². The molecule has 1 fully saturated rings. The van der Waals surface area contributed by atoms with Gasteiger partial charge in [-0.1, -0.05) is 20.3 Å². The van der Waals surface area contributed by atoms with Crippen LogP contribution in [0.25, 0.3) is 0 Å². The number of amides is 1. The highest BCUT2D eigenvalue weighted by molar-refractivity contribution is 5.81. The van der Waals surface area contributed by atoms with Gasteiger partial charge in [0.1, 0.15) is 5.92 Å². The second-order valence-corrected chi connectivity index (χ2v) is 4.11. The lowest BCUT2D eigenvalue weighted by atomic mass is 10.0. The lowest BCUT2D eigenvalue weighted by Crippen LogP contribution is -2.39. The number of carbonyl (C=O) groups is 1. The Morgan fingerprint density at radius 3 is 2.79 bits per heavy atom. The predicted octanol–water partition coefficient (Wildman–Crippen LogP) is 1.84. The molecule has 0 radical (unpaired) electrons. The minimum Gasteiger partial charge on any atom is -0.352 e. The Labute approximate surface area is 85.5 Å². The van der Waals surface area contributed by atoms with Crippen LogP contribution in [0.3, 0.4) is 0 Å². The fraction of sp³-hybridized carbons (Fsp3) is 0.818. The van der Waals surface area contributed by atoms with Gasteiger partial charge in [-0.2, -0.15) is 5.26 Å². The first-order valence-corrected chi connectivity index (χ1v) is 5.39. The third-order valence-corrected chi connectivity index (χ3v) is 3.07. The van der Waals surface area contributed by atoms with Crippen molar-refractivity contribution in [1.82, 2.24) is 5.32 Å². The van der Waals surface area contributed by atoms with Crippen LogP contribution in [0.4, 0.5) is 0 Å². The molecule has 1 amide bonds. The number of rotatable bonds is 3. The van der Waals surface area contributed by atoms with Gasteiger partial charge in [0.2, 0.25) is 5.91 Å². The first kappa shape index (κ1) is 11.0. The average molecular weight is 194 g/mol. The summed E-state index contributed by atoms with van der Waals surface area (Å²) >= 11 is 0. The molecule has 0 heterocycles. The van der Waals surface area contributed by atoms with E-state index in [9.17, 15) is 4.79 Å². The number of nitriles is 1. The highest BCUT2D eigenvalue weighted by Crippen LogP contribution is 2.25. The van der Waals surface area contributed by atoms with Gasteiger partial charge in [-0.3, -0.25) is 4.79 Å². The Balaban J connectivity index is 2.44. The molecule has 14 heavy (non-hydrogen) atoms. The van der Waals surface area contributed by atoms with Crippen LogP contribution >= 0.6 is 0 Å². The van der Waals surface area contributed by atoms with Gasteiger partial charge >= 0.3 is 0 Å². The molecule has 3 atom stereocenters. The van der Waals surface area contributed by atoms with E-state index in [0.717, 1.165) is 6.42 Å². The van der Waals surface area contributed by atoms with Crippen LogP contribution < -0.4 is 5.32 Å². The SMILES string of the molecule is CCC(C#N)C(=O)NC1CCCC1C. The number of nitrogens with one attached hydrogen (secondary N) is 1. The minimum atomic E-state index is -0.470. The fourth-order valence-electron chi connectivity index (χ4n) is 1.98. The highest BCUT2D eigenvalue weighted by atomic mass is 16.1. The molecule has 3 nitrogen and oxygen atoms in total. The number of hydrogen-bond donors (Lipinski definition) is 1. The van der Waals surface area contributed by atoms with Crippen molar-refractivity contribution < 1.29 is 4.79 Å². The van der Waals surface area contributed by atoms with Gasteiger partial charge in [0.05, 0.1) is 6.07 Å². The third-order valence-electron chi connectivity index (χ3n) is 3.07. The molecule has 3 heteroatoms. The molecule has 1 saturated carbocycles. The van der Waals surface area contributed by atoms with Crippen LogP contribution in [0.2, 0.25) is 0 Å². The lowest BCUT2D eigenvalue weighted by molar-refractivity contribution is -0.124. The van der Waals surface area contributed by atoms with Crippen LogP contribution in [0.1, 0.15) is 39.5 Å². The van der Waals surface area contributed by atoms with Crippen molar-refractivity contribution in [2.24, 2.45) is 11.8 Å². The van der Waals surface area contributed by atoms with Gasteiger partial charge < -0.3 is 5.32 Å². The largest absolute Gasteiger partial charge is 0.352 e. The molecule has 1 N–H and O–H groups in total. The maximum Gasteiger partial charge on any atom is 0.237 e. The molecule has 3 unspecified atom stereocenters. The van der Waals surface area contributed by atoms with Gasteiger partial charge in [0.25, 0.3) is 0 Å². The maximum absolute atomic E-state index is 11.6. The van der Waals surface area contributed by atoms with Crippen molar-refractivity contribution in [3.8, 4) is 6.07 Å². The quantitative estimate of drug-likeness (QED) is 0.745. The van der Waals surface area contributed by atoms with E-state index < -0.39 is 5.92 Å². The maximum atomic E-state index is 11.6. The minimum absolute atomic E-state index is 0.0891. The first-order valence-electron chi connectivity index (χ1n) is 5.39. The monoisotopic (exact) mass is 194 g/mol. The molecule has 0 aromatic heterocycles. The molecular formula is C11H18N2O. The molecule has 0 spiro atoms. The van der Waals surface area contributed by atoms with Crippen molar-refractivity contribution in [2.45, 2.75) is 45.6 Å². The van der Waals surface area contributed by atoms with Crippen molar-refractivity contribution in [3.05, 3.63) is 0 Å². The van der Waals surface area contributed by atoms with Crippen LogP contribution in [-0.4, -0.2) is 11.9 Å². The van der Waals surface area contributed by atoms with E-state index in [-0.39, 0.29) is 5.91 Å². The summed E-state index contributed by atoms with van der Waals surface area (Å²) in [7, 11) is 0. The normalized spacial score (nSPS) is 28.1. The van der Waals surface area contributed by atoms with E-state index in [1.165, 1.54) is 12.8 Å². The Kier molecular flexibility index (Phi) is 3.94. The average Bonchev–Trinajstić information content (AvgIpc) is 2.54. The summed E-state index contributed by atoms with van der Waals surface area (Å²) in [5.74, 6) is 0.00620. The first-order chi connectivity index (χ1) is 6.69. The number of carbonyl (C=O) groups excluding carboxylic acids is 1. The molecule has 0 bridgehead atoms. The van der Waals surface area contributed by atoms with E-state index in [4.69, 9.17) is 5.26 Å². The van der Waals surface area contributed by atoms with Crippen molar-refractivity contribution >= 4 is 5.91 Å². The molecule has 0 saturated heterocycles. The van der Waals surface area contributed by atoms with Crippen molar-refractivity contribution in [3.63, 3.8) is 0 Å². The van der Waals surface area contributed by atoms with Crippen LogP contribution in [0, 0.1) is 23.2 Å². The molecule has 1 aliphatic rings. The summed E-state index contributed by atoms with van der Waals surface area (Å²) in [4.78, 5) is 11.6. The topological polar surface area (TPSA) is 52.9 Å². The zero-order chi connectivity index (χ0) is 10.6. The van der Waals surface area contributed by atoms with Gasteiger partial charge in [0, 0.05) is 6.04 Å². The van der Waals surface area contributed by atoms with E-state index in [2.05, 4.69) is 12.2 Å². The highest BCUT2D eigenvalue weighted by Gasteiger charge is 2.26. The summed E-state index contributed by atoms with van der Waals surface area (Å²) in [6, 6.07) is 2.32. The second-order valence-electron chi connectivity index (χ2n) is 4.11. The summed E-state index contributed by atoms with van der Waals surface area (Å²) in [6.07, 6.45) is 4.04. The van der Waals surface area contributed by atoms with Crippen molar-refractivity contribution in [1.29, 1.82) is 5.26 Å². The molecule has 0 aromatic carbocycles. The van der Waals surface area contributed by atoms with Crippen LogP contribution in [0.5, 0.6) is 0 Å². The standard InChI is InChI=1S/C11H18N2O/c1-3-9(7-12)11(14)13-10-6-4-5-8(10)2/h8-10H,3-6H2,1-2H3,(H,13,14). The van der Waals surface area contributed by atoms with E-state index in [0.29, 0.717) is 18.4 Å². The summed E-state index contributed by atoms with van der Waals surface area (Å²) in [6.45, 7) is 4.02. The fourth-order valence-corrected chi connectivity index (χ4v) is 1.98. The van der Waals surface area contributed by atoms with Crippen LogP contribution in [0.15, 0.2) is 0 Å². The van der Waals surface area contributed by atoms with Gasteiger partial charge in [-0.15, -0.1) is 0 Å². The predicted molar refractivity (Wildman–Crippen MR) is 54.3 cm³/mol.